The van der Waals surface area contributed by atoms with E-state index >= 15 is 0 Å². The molecule has 1 saturated carbocycles. The standard InChI is InChI=1S/C11H16N2O/c1-12-6-9-10-7-2-4-8(5-3-7)11(10)14-13-9/h7-8,12H,2-6H2,1H3. The Labute approximate surface area is 83.9 Å². The second-order valence-electron chi connectivity index (χ2n) is 4.49. The van der Waals surface area contributed by atoms with E-state index < -0.39 is 0 Å². The topological polar surface area (TPSA) is 38.1 Å². The molecule has 0 amide bonds. The van der Waals surface area contributed by atoms with Crippen LogP contribution in [0.15, 0.2) is 4.52 Å². The minimum absolute atomic E-state index is 0.674. The Kier molecular flexibility index (Phi) is 1.87. The van der Waals surface area contributed by atoms with Crippen LogP contribution in [0.1, 0.15) is 54.5 Å². The third-order valence-corrected chi connectivity index (χ3v) is 3.68. The Hall–Kier alpha value is -0.830. The summed E-state index contributed by atoms with van der Waals surface area (Å²) in [5.41, 5.74) is 2.60. The van der Waals surface area contributed by atoms with Crippen molar-refractivity contribution in [3.05, 3.63) is 17.0 Å². The van der Waals surface area contributed by atoms with Gasteiger partial charge in [0.1, 0.15) is 11.5 Å². The Bertz CT molecular complexity index is 337. The molecular formula is C11H16N2O. The van der Waals surface area contributed by atoms with Gasteiger partial charge in [0.15, 0.2) is 0 Å². The van der Waals surface area contributed by atoms with E-state index in [1.165, 1.54) is 37.0 Å². The highest BCUT2D eigenvalue weighted by Gasteiger charge is 2.38. The smallest absolute Gasteiger partial charge is 0.143 e. The van der Waals surface area contributed by atoms with Crippen LogP contribution in [0.5, 0.6) is 0 Å². The molecule has 0 saturated heterocycles. The molecule has 3 aliphatic carbocycles. The second-order valence-corrected chi connectivity index (χ2v) is 4.49. The van der Waals surface area contributed by atoms with Crippen molar-refractivity contribution in [3.8, 4) is 0 Å². The molecule has 14 heavy (non-hydrogen) atoms. The first-order chi connectivity index (χ1) is 6.90. The molecule has 3 nitrogen and oxygen atoms in total. The molecule has 0 spiro atoms. The van der Waals surface area contributed by atoms with Crippen molar-refractivity contribution in [2.75, 3.05) is 7.05 Å². The number of nitrogens with zero attached hydrogens (tertiary/aromatic N) is 1. The summed E-state index contributed by atoms with van der Waals surface area (Å²) in [6, 6.07) is 0. The summed E-state index contributed by atoms with van der Waals surface area (Å²) < 4.78 is 5.48. The van der Waals surface area contributed by atoms with Gasteiger partial charge in [0.2, 0.25) is 0 Å². The lowest BCUT2D eigenvalue weighted by molar-refractivity contribution is 0.278. The van der Waals surface area contributed by atoms with Gasteiger partial charge in [0, 0.05) is 18.0 Å². The summed E-state index contributed by atoms with van der Waals surface area (Å²) in [4.78, 5) is 0. The zero-order chi connectivity index (χ0) is 9.54. The van der Waals surface area contributed by atoms with Crippen molar-refractivity contribution in [1.29, 1.82) is 0 Å². The van der Waals surface area contributed by atoms with E-state index in [0.29, 0.717) is 5.92 Å². The van der Waals surface area contributed by atoms with Gasteiger partial charge in [-0.15, -0.1) is 0 Å². The van der Waals surface area contributed by atoms with Crippen molar-refractivity contribution >= 4 is 0 Å². The number of hydrogen-bond acceptors (Lipinski definition) is 3. The second kappa shape index (κ2) is 3.09. The van der Waals surface area contributed by atoms with E-state index in [0.717, 1.165) is 18.2 Å². The van der Waals surface area contributed by atoms with Crippen LogP contribution < -0.4 is 5.32 Å². The molecule has 1 N–H and O–H groups in total. The third-order valence-electron chi connectivity index (χ3n) is 3.68. The third kappa shape index (κ3) is 1.05. The first-order valence-electron chi connectivity index (χ1n) is 5.53. The molecule has 1 aromatic rings. The fraction of sp³-hybridized carbons (Fsp3) is 0.727. The number of nitrogens with one attached hydrogen (secondary N) is 1. The summed E-state index contributed by atoms with van der Waals surface area (Å²) in [6.45, 7) is 0.849. The minimum Gasteiger partial charge on any atom is -0.360 e. The molecule has 4 rings (SSSR count). The van der Waals surface area contributed by atoms with E-state index in [9.17, 15) is 0 Å². The minimum atomic E-state index is 0.674. The van der Waals surface area contributed by atoms with E-state index in [2.05, 4.69) is 10.5 Å². The number of hydrogen-bond donors (Lipinski definition) is 1. The van der Waals surface area contributed by atoms with E-state index in [1.807, 2.05) is 7.05 Å². The van der Waals surface area contributed by atoms with Crippen LogP contribution in [-0.4, -0.2) is 12.2 Å². The number of aromatic nitrogens is 1. The molecule has 0 atom stereocenters. The molecule has 0 radical (unpaired) electrons. The van der Waals surface area contributed by atoms with Crippen molar-refractivity contribution in [2.45, 2.75) is 44.1 Å². The predicted octanol–water partition coefficient (Wildman–Crippen LogP) is 2.15. The predicted molar refractivity (Wildman–Crippen MR) is 53.2 cm³/mol. The zero-order valence-electron chi connectivity index (χ0n) is 8.55. The molecule has 1 heterocycles. The first kappa shape index (κ1) is 8.48. The molecular weight excluding hydrogens is 176 g/mol. The van der Waals surface area contributed by atoms with Gasteiger partial charge < -0.3 is 9.84 Å². The van der Waals surface area contributed by atoms with E-state index in [1.54, 1.807) is 0 Å². The maximum absolute atomic E-state index is 5.48. The largest absolute Gasteiger partial charge is 0.360 e. The molecule has 0 aliphatic heterocycles. The summed E-state index contributed by atoms with van der Waals surface area (Å²) in [7, 11) is 1.96. The fourth-order valence-electron chi connectivity index (χ4n) is 3.02. The lowest BCUT2D eigenvalue weighted by Crippen LogP contribution is -2.22. The van der Waals surface area contributed by atoms with E-state index in [-0.39, 0.29) is 0 Å². The molecule has 3 aliphatic rings. The van der Waals surface area contributed by atoms with Gasteiger partial charge in [-0.1, -0.05) is 5.16 Å². The molecule has 0 aromatic carbocycles. The maximum Gasteiger partial charge on any atom is 0.143 e. The van der Waals surface area contributed by atoms with Crippen molar-refractivity contribution < 1.29 is 4.52 Å². The van der Waals surface area contributed by atoms with Crippen molar-refractivity contribution in [3.63, 3.8) is 0 Å². The van der Waals surface area contributed by atoms with Crippen LogP contribution in [0.25, 0.3) is 0 Å². The summed E-state index contributed by atoms with van der Waals surface area (Å²) >= 11 is 0. The van der Waals surface area contributed by atoms with Gasteiger partial charge in [-0.3, -0.25) is 0 Å². The monoisotopic (exact) mass is 192 g/mol. The van der Waals surface area contributed by atoms with Gasteiger partial charge in [0.05, 0.1) is 0 Å². The van der Waals surface area contributed by atoms with Gasteiger partial charge in [-0.2, -0.15) is 0 Å². The highest BCUT2D eigenvalue weighted by atomic mass is 16.5. The van der Waals surface area contributed by atoms with Crippen LogP contribution in [0, 0.1) is 0 Å². The Morgan fingerprint density at radius 3 is 2.71 bits per heavy atom. The van der Waals surface area contributed by atoms with Crippen LogP contribution in [0.2, 0.25) is 0 Å². The lowest BCUT2D eigenvalue weighted by atomic mass is 9.69. The molecule has 1 fully saturated rings. The Morgan fingerprint density at radius 2 is 2.00 bits per heavy atom. The molecule has 3 heteroatoms. The van der Waals surface area contributed by atoms with E-state index in [4.69, 9.17) is 4.52 Å². The van der Waals surface area contributed by atoms with Crippen molar-refractivity contribution in [1.82, 2.24) is 10.5 Å². The molecule has 1 aromatic heterocycles. The summed E-state index contributed by atoms with van der Waals surface area (Å²) in [5.74, 6) is 2.62. The Balaban J connectivity index is 2.04. The van der Waals surface area contributed by atoms with Crippen LogP contribution in [0.3, 0.4) is 0 Å². The molecule has 0 unspecified atom stereocenters. The van der Waals surface area contributed by atoms with Gasteiger partial charge >= 0.3 is 0 Å². The average Bonchev–Trinajstić information content (AvgIpc) is 2.67. The number of fused-ring (bicyclic) bond motifs is 2. The number of rotatable bonds is 2. The maximum atomic E-state index is 5.48. The van der Waals surface area contributed by atoms with Gasteiger partial charge in [-0.25, -0.2) is 0 Å². The highest BCUT2D eigenvalue weighted by molar-refractivity contribution is 5.34. The normalized spacial score (nSPS) is 29.2. The molecule has 76 valence electrons. The lowest BCUT2D eigenvalue weighted by Gasteiger charge is -2.34. The fourth-order valence-corrected chi connectivity index (χ4v) is 3.02. The first-order valence-corrected chi connectivity index (χ1v) is 5.53. The SMILES string of the molecule is CNCc1noc2c1C1CCC2CC1. The van der Waals surface area contributed by atoms with Crippen molar-refractivity contribution in [2.24, 2.45) is 0 Å². The Morgan fingerprint density at radius 1 is 1.29 bits per heavy atom. The van der Waals surface area contributed by atoms with Crippen LogP contribution >= 0.6 is 0 Å². The quantitative estimate of drug-likeness (QED) is 0.780. The van der Waals surface area contributed by atoms with Crippen LogP contribution in [0.4, 0.5) is 0 Å². The average molecular weight is 192 g/mol. The van der Waals surface area contributed by atoms with Gasteiger partial charge in [-0.05, 0) is 38.6 Å². The molecule has 2 bridgehead atoms. The highest BCUT2D eigenvalue weighted by Crippen LogP contribution is 2.50. The van der Waals surface area contributed by atoms with Gasteiger partial charge in [0.25, 0.3) is 0 Å². The zero-order valence-corrected chi connectivity index (χ0v) is 8.55. The van der Waals surface area contributed by atoms with Crippen LogP contribution in [-0.2, 0) is 6.54 Å². The summed E-state index contributed by atoms with van der Waals surface area (Å²) in [5, 5.41) is 7.35. The summed E-state index contributed by atoms with van der Waals surface area (Å²) in [6.07, 6.45) is 5.31.